The topological polar surface area (TPSA) is 90.7 Å². The van der Waals surface area contributed by atoms with E-state index < -0.39 is 0 Å². The summed E-state index contributed by atoms with van der Waals surface area (Å²) in [6.07, 6.45) is 5.76. The second-order valence-corrected chi connectivity index (χ2v) is 8.80. The lowest BCUT2D eigenvalue weighted by molar-refractivity contribution is 0.897. The molecule has 5 nitrogen and oxygen atoms in total. The van der Waals surface area contributed by atoms with Gasteiger partial charge in [0.15, 0.2) is 0 Å². The Kier molecular flexibility index (Phi) is 5.45. The van der Waals surface area contributed by atoms with Crippen LogP contribution in [0.4, 0.5) is 11.6 Å². The van der Waals surface area contributed by atoms with Crippen LogP contribution in [0.1, 0.15) is 19.8 Å². The fourth-order valence-corrected chi connectivity index (χ4v) is 5.43. The molecular formula is C21H21N5S2. The number of nitrogens with zero attached hydrogens (tertiary/aromatic N) is 3. The molecule has 0 amide bonds. The summed E-state index contributed by atoms with van der Waals surface area (Å²) in [6, 6.07) is 12.3. The molecule has 7 heteroatoms. The summed E-state index contributed by atoms with van der Waals surface area (Å²) < 4.78 is 1.14. The van der Waals surface area contributed by atoms with Crippen LogP contribution < -0.4 is 11.5 Å². The first-order chi connectivity index (χ1) is 13.7. The Morgan fingerprint density at radius 1 is 1.04 bits per heavy atom. The Bertz CT molecular complexity index is 1090. The van der Waals surface area contributed by atoms with Crippen LogP contribution in [-0.4, -0.2) is 20.7 Å². The van der Waals surface area contributed by atoms with Crippen molar-refractivity contribution < 1.29 is 0 Å². The summed E-state index contributed by atoms with van der Waals surface area (Å²) in [5.74, 6) is 1.32. The number of aromatic nitrogens is 3. The van der Waals surface area contributed by atoms with Crippen molar-refractivity contribution in [1.29, 1.82) is 0 Å². The molecule has 0 aliphatic rings. The van der Waals surface area contributed by atoms with Crippen LogP contribution in [0, 0.1) is 0 Å². The SMILES string of the molecule is CCCCSc1sc2nc(-c3cnc(N)nc3)cc(-c3ccccc3)c2c1N. The summed E-state index contributed by atoms with van der Waals surface area (Å²) in [4.78, 5) is 14.0. The summed E-state index contributed by atoms with van der Waals surface area (Å²) in [6.45, 7) is 2.20. The number of hydrogen-bond acceptors (Lipinski definition) is 7. The van der Waals surface area contributed by atoms with Gasteiger partial charge < -0.3 is 11.5 Å². The normalized spacial score (nSPS) is 11.2. The zero-order chi connectivity index (χ0) is 19.5. The quantitative estimate of drug-likeness (QED) is 0.325. The van der Waals surface area contributed by atoms with Gasteiger partial charge in [-0.05, 0) is 29.4 Å². The Morgan fingerprint density at radius 3 is 2.50 bits per heavy atom. The van der Waals surface area contributed by atoms with Gasteiger partial charge in [-0.1, -0.05) is 43.7 Å². The monoisotopic (exact) mass is 407 g/mol. The second kappa shape index (κ2) is 8.16. The van der Waals surface area contributed by atoms with Gasteiger partial charge in [0.1, 0.15) is 4.83 Å². The predicted octanol–water partition coefficient (Wildman–Crippen LogP) is 5.48. The maximum absolute atomic E-state index is 6.58. The van der Waals surface area contributed by atoms with E-state index in [1.165, 1.54) is 12.8 Å². The van der Waals surface area contributed by atoms with Crippen molar-refractivity contribution in [3.8, 4) is 22.4 Å². The minimum Gasteiger partial charge on any atom is -0.397 e. The molecule has 4 N–H and O–H groups in total. The predicted molar refractivity (Wildman–Crippen MR) is 121 cm³/mol. The van der Waals surface area contributed by atoms with Crippen LogP contribution in [0.15, 0.2) is 53.0 Å². The number of pyridine rings is 1. The molecule has 0 saturated heterocycles. The maximum atomic E-state index is 6.58. The third kappa shape index (κ3) is 3.68. The van der Waals surface area contributed by atoms with Crippen LogP contribution in [-0.2, 0) is 0 Å². The van der Waals surface area contributed by atoms with E-state index in [-0.39, 0.29) is 5.95 Å². The molecule has 4 rings (SSSR count). The van der Waals surface area contributed by atoms with E-state index in [2.05, 4.69) is 35.1 Å². The van der Waals surface area contributed by atoms with Crippen molar-refractivity contribution in [3.63, 3.8) is 0 Å². The highest BCUT2D eigenvalue weighted by Crippen LogP contribution is 2.45. The highest BCUT2D eigenvalue weighted by molar-refractivity contribution is 8.01. The molecule has 0 fully saturated rings. The molecule has 0 spiro atoms. The molecule has 0 aliphatic carbocycles. The molecule has 0 saturated carbocycles. The lowest BCUT2D eigenvalue weighted by atomic mass is 10.0. The summed E-state index contributed by atoms with van der Waals surface area (Å²) in [7, 11) is 0. The van der Waals surface area contributed by atoms with Crippen LogP contribution in [0.3, 0.4) is 0 Å². The number of nitrogens with two attached hydrogens (primary N) is 2. The molecule has 3 aromatic heterocycles. The molecule has 0 bridgehead atoms. The summed E-state index contributed by atoms with van der Waals surface area (Å²) >= 11 is 3.47. The van der Waals surface area contributed by atoms with Crippen LogP contribution >= 0.6 is 23.1 Å². The molecule has 4 aromatic rings. The van der Waals surface area contributed by atoms with Gasteiger partial charge in [-0.2, -0.15) is 0 Å². The Labute approximate surface area is 172 Å². The van der Waals surface area contributed by atoms with Crippen LogP contribution in [0.25, 0.3) is 32.6 Å². The molecule has 0 unspecified atom stereocenters. The van der Waals surface area contributed by atoms with E-state index >= 15 is 0 Å². The number of thiophene rings is 1. The highest BCUT2D eigenvalue weighted by Gasteiger charge is 2.18. The average molecular weight is 408 g/mol. The Hall–Kier alpha value is -2.64. The van der Waals surface area contributed by atoms with Gasteiger partial charge in [-0.25, -0.2) is 15.0 Å². The van der Waals surface area contributed by atoms with E-state index in [1.54, 1.807) is 23.7 Å². The summed E-state index contributed by atoms with van der Waals surface area (Å²) in [5, 5.41) is 1.02. The molecular weight excluding hydrogens is 386 g/mol. The molecule has 3 heterocycles. The smallest absolute Gasteiger partial charge is 0.219 e. The van der Waals surface area contributed by atoms with Gasteiger partial charge in [0, 0.05) is 23.3 Å². The van der Waals surface area contributed by atoms with E-state index in [1.807, 2.05) is 30.0 Å². The van der Waals surface area contributed by atoms with Gasteiger partial charge >= 0.3 is 0 Å². The van der Waals surface area contributed by atoms with Gasteiger partial charge in [0.25, 0.3) is 0 Å². The molecule has 1 aromatic carbocycles. The van der Waals surface area contributed by atoms with Gasteiger partial charge in [0.05, 0.1) is 15.6 Å². The first kappa shape index (κ1) is 18.7. The fourth-order valence-electron chi connectivity index (χ4n) is 2.98. The number of anilines is 2. The Balaban J connectivity index is 1.90. The van der Waals surface area contributed by atoms with Crippen LogP contribution in [0.5, 0.6) is 0 Å². The highest BCUT2D eigenvalue weighted by atomic mass is 32.2. The van der Waals surface area contributed by atoms with Crippen molar-refractivity contribution >= 4 is 45.0 Å². The minimum atomic E-state index is 0.253. The molecule has 0 atom stereocenters. The van der Waals surface area contributed by atoms with Crippen molar-refractivity contribution in [3.05, 3.63) is 48.8 Å². The largest absolute Gasteiger partial charge is 0.397 e. The van der Waals surface area contributed by atoms with Crippen molar-refractivity contribution in [2.24, 2.45) is 0 Å². The van der Waals surface area contributed by atoms with E-state index in [9.17, 15) is 0 Å². The lowest BCUT2D eigenvalue weighted by Crippen LogP contribution is -1.95. The zero-order valence-electron chi connectivity index (χ0n) is 15.6. The maximum Gasteiger partial charge on any atom is 0.219 e. The fraction of sp³-hybridized carbons (Fsp3) is 0.190. The molecule has 0 radical (unpaired) electrons. The van der Waals surface area contributed by atoms with Gasteiger partial charge in [0.2, 0.25) is 5.95 Å². The van der Waals surface area contributed by atoms with Gasteiger partial charge in [-0.3, -0.25) is 0 Å². The van der Waals surface area contributed by atoms with E-state index in [0.717, 1.165) is 48.3 Å². The van der Waals surface area contributed by atoms with E-state index in [4.69, 9.17) is 16.5 Å². The van der Waals surface area contributed by atoms with Gasteiger partial charge in [-0.15, -0.1) is 23.1 Å². The van der Waals surface area contributed by atoms with Crippen molar-refractivity contribution in [1.82, 2.24) is 15.0 Å². The van der Waals surface area contributed by atoms with E-state index in [0.29, 0.717) is 0 Å². The molecule has 0 aliphatic heterocycles. The van der Waals surface area contributed by atoms with Crippen molar-refractivity contribution in [2.45, 2.75) is 24.0 Å². The number of fused-ring (bicyclic) bond motifs is 1. The Morgan fingerprint density at radius 2 is 1.79 bits per heavy atom. The number of unbranched alkanes of at least 4 members (excludes halogenated alkanes) is 1. The third-order valence-electron chi connectivity index (χ3n) is 4.45. The van der Waals surface area contributed by atoms with Crippen molar-refractivity contribution in [2.75, 3.05) is 17.2 Å². The second-order valence-electron chi connectivity index (χ2n) is 6.44. The van der Waals surface area contributed by atoms with Crippen LogP contribution in [0.2, 0.25) is 0 Å². The number of thioether (sulfide) groups is 1. The first-order valence-electron chi connectivity index (χ1n) is 9.16. The number of nitrogen functional groups attached to an aromatic ring is 2. The minimum absolute atomic E-state index is 0.253. The first-order valence-corrected chi connectivity index (χ1v) is 11.0. The average Bonchev–Trinajstić information content (AvgIpc) is 3.04. The molecule has 142 valence electrons. The number of rotatable bonds is 6. The lowest BCUT2D eigenvalue weighted by Gasteiger charge is -2.08. The third-order valence-corrected chi connectivity index (χ3v) is 6.92. The number of hydrogen-bond donors (Lipinski definition) is 2. The number of benzene rings is 1. The zero-order valence-corrected chi connectivity index (χ0v) is 17.2. The standard InChI is InChI=1S/C21H21N5S2/c1-2-3-9-27-20-18(22)17-15(13-7-5-4-6-8-13)10-16(26-19(17)28-20)14-11-24-21(23)25-12-14/h4-8,10-12H,2-3,9,22H2,1H3,(H2,23,24,25). The molecule has 28 heavy (non-hydrogen) atoms. The summed E-state index contributed by atoms with van der Waals surface area (Å²) in [5.41, 5.74) is 16.9.